The second kappa shape index (κ2) is 7.26. The number of aliphatic carboxylic acids is 1. The Bertz CT molecular complexity index is 216. The molecule has 2 N–H and O–H groups in total. The highest BCUT2D eigenvalue weighted by Crippen LogP contribution is 2.07. The summed E-state index contributed by atoms with van der Waals surface area (Å²) in [5.74, 6) is -0.746. The molecule has 0 radical (unpaired) electrons. The largest absolute Gasteiger partial charge is 0.481 e. The molecule has 1 amide bonds. The molecule has 4 heteroatoms. The van der Waals surface area contributed by atoms with Gasteiger partial charge < -0.3 is 10.4 Å². The zero-order valence-electron chi connectivity index (χ0n) is 9.75. The first-order valence-corrected chi connectivity index (χ1v) is 5.50. The third-order valence-electron chi connectivity index (χ3n) is 2.67. The number of carboxylic acids is 1. The van der Waals surface area contributed by atoms with Crippen LogP contribution in [0.3, 0.4) is 0 Å². The van der Waals surface area contributed by atoms with Crippen LogP contribution in [0.4, 0.5) is 0 Å². The van der Waals surface area contributed by atoms with Crippen molar-refractivity contribution in [2.45, 2.75) is 40.0 Å². The van der Waals surface area contributed by atoms with Crippen LogP contribution < -0.4 is 5.32 Å². The van der Waals surface area contributed by atoms with Gasteiger partial charge in [0.25, 0.3) is 0 Å². The maximum Gasteiger partial charge on any atom is 0.303 e. The minimum absolute atomic E-state index is 0.00679. The summed E-state index contributed by atoms with van der Waals surface area (Å²) in [4.78, 5) is 21.9. The fourth-order valence-electron chi connectivity index (χ4n) is 1.21. The predicted octanol–water partition coefficient (Wildman–Crippen LogP) is 1.65. The third-order valence-corrected chi connectivity index (χ3v) is 2.67. The van der Waals surface area contributed by atoms with Gasteiger partial charge in [-0.1, -0.05) is 27.2 Å². The molecule has 0 saturated heterocycles. The molecule has 0 fully saturated rings. The van der Waals surface area contributed by atoms with Crippen LogP contribution in [0.2, 0.25) is 0 Å². The highest BCUT2D eigenvalue weighted by Gasteiger charge is 2.14. The average Bonchev–Trinajstić information content (AvgIpc) is 2.21. The van der Waals surface area contributed by atoms with E-state index in [1.54, 1.807) is 0 Å². The van der Waals surface area contributed by atoms with Crippen molar-refractivity contribution in [2.24, 2.45) is 11.8 Å². The summed E-state index contributed by atoms with van der Waals surface area (Å²) in [6, 6.07) is 0. The van der Waals surface area contributed by atoms with Gasteiger partial charge in [0.15, 0.2) is 0 Å². The van der Waals surface area contributed by atoms with Crippen molar-refractivity contribution in [1.29, 1.82) is 0 Å². The molecular formula is C11H21NO3. The fraction of sp³-hybridized carbons (Fsp3) is 0.818. The van der Waals surface area contributed by atoms with Crippen molar-refractivity contribution in [2.75, 3.05) is 6.54 Å². The fourth-order valence-corrected chi connectivity index (χ4v) is 1.21. The van der Waals surface area contributed by atoms with Gasteiger partial charge in [0.2, 0.25) is 5.91 Å². The van der Waals surface area contributed by atoms with Crippen LogP contribution in [0.5, 0.6) is 0 Å². The predicted molar refractivity (Wildman–Crippen MR) is 58.5 cm³/mol. The summed E-state index contributed by atoms with van der Waals surface area (Å²) in [6.07, 6.45) is 1.70. The Morgan fingerprint density at radius 2 is 1.87 bits per heavy atom. The number of carboxylic acid groups (broad SMARTS) is 1. The highest BCUT2D eigenvalue weighted by atomic mass is 16.4. The summed E-state index contributed by atoms with van der Waals surface area (Å²) >= 11 is 0. The topological polar surface area (TPSA) is 66.4 Å². The molecule has 0 aliphatic rings. The molecule has 0 aliphatic carbocycles. The summed E-state index contributed by atoms with van der Waals surface area (Å²) in [5.41, 5.74) is 0. The van der Waals surface area contributed by atoms with Gasteiger partial charge >= 0.3 is 5.97 Å². The molecule has 0 aliphatic heterocycles. The summed E-state index contributed by atoms with van der Waals surface area (Å²) in [7, 11) is 0. The van der Waals surface area contributed by atoms with Gasteiger partial charge in [-0.2, -0.15) is 0 Å². The number of amides is 1. The number of carbonyl (C=O) groups is 2. The van der Waals surface area contributed by atoms with Crippen LogP contribution in [0.1, 0.15) is 40.0 Å². The monoisotopic (exact) mass is 215 g/mol. The van der Waals surface area contributed by atoms with E-state index in [2.05, 4.69) is 5.32 Å². The van der Waals surface area contributed by atoms with Gasteiger partial charge in [-0.05, 0) is 12.3 Å². The lowest BCUT2D eigenvalue weighted by atomic mass is 10.0. The second-order valence-electron chi connectivity index (χ2n) is 3.93. The first kappa shape index (κ1) is 13.9. The van der Waals surface area contributed by atoms with E-state index in [4.69, 9.17) is 5.11 Å². The van der Waals surface area contributed by atoms with Crippen molar-refractivity contribution in [1.82, 2.24) is 5.32 Å². The zero-order chi connectivity index (χ0) is 11.8. The van der Waals surface area contributed by atoms with Crippen LogP contribution in [0, 0.1) is 11.8 Å². The molecule has 2 unspecified atom stereocenters. The van der Waals surface area contributed by atoms with Crippen molar-refractivity contribution in [3.8, 4) is 0 Å². The van der Waals surface area contributed by atoms with Gasteiger partial charge in [0.1, 0.15) is 0 Å². The van der Waals surface area contributed by atoms with Crippen molar-refractivity contribution in [3.05, 3.63) is 0 Å². The standard InChI is InChI=1S/C11H21NO3/c1-4-8(3)11(15)12-7-9(5-2)6-10(13)14/h8-9H,4-7H2,1-3H3,(H,12,15)(H,13,14). The molecule has 0 aromatic carbocycles. The Morgan fingerprint density at radius 1 is 1.27 bits per heavy atom. The lowest BCUT2D eigenvalue weighted by molar-refractivity contribution is -0.138. The van der Waals surface area contributed by atoms with E-state index < -0.39 is 5.97 Å². The third kappa shape index (κ3) is 6.10. The Balaban J connectivity index is 3.89. The second-order valence-corrected chi connectivity index (χ2v) is 3.93. The van der Waals surface area contributed by atoms with Gasteiger partial charge in [0, 0.05) is 18.9 Å². The van der Waals surface area contributed by atoms with Crippen molar-refractivity contribution in [3.63, 3.8) is 0 Å². The van der Waals surface area contributed by atoms with E-state index in [-0.39, 0.29) is 24.2 Å². The molecule has 0 aromatic rings. The molecule has 0 aromatic heterocycles. The molecule has 15 heavy (non-hydrogen) atoms. The first-order chi connectivity index (χ1) is 7.01. The molecule has 0 spiro atoms. The Hall–Kier alpha value is -1.06. The van der Waals surface area contributed by atoms with Gasteiger partial charge in [-0.25, -0.2) is 0 Å². The maximum absolute atomic E-state index is 11.4. The average molecular weight is 215 g/mol. The lowest BCUT2D eigenvalue weighted by Crippen LogP contribution is -2.33. The van der Waals surface area contributed by atoms with E-state index in [0.29, 0.717) is 6.54 Å². The summed E-state index contributed by atoms with van der Waals surface area (Å²) in [5, 5.41) is 11.4. The number of carbonyl (C=O) groups excluding carboxylic acids is 1. The van der Waals surface area contributed by atoms with E-state index in [1.165, 1.54) is 0 Å². The molecule has 0 rings (SSSR count). The van der Waals surface area contributed by atoms with E-state index >= 15 is 0 Å². The van der Waals surface area contributed by atoms with Crippen molar-refractivity contribution < 1.29 is 14.7 Å². The minimum Gasteiger partial charge on any atom is -0.481 e. The summed E-state index contributed by atoms with van der Waals surface area (Å²) in [6.45, 7) is 6.22. The van der Waals surface area contributed by atoms with Crippen molar-refractivity contribution >= 4 is 11.9 Å². The Kier molecular flexibility index (Phi) is 6.75. The number of hydrogen-bond donors (Lipinski definition) is 2. The summed E-state index contributed by atoms with van der Waals surface area (Å²) < 4.78 is 0. The molecule has 2 atom stereocenters. The van der Waals surface area contributed by atoms with Gasteiger partial charge in [-0.15, -0.1) is 0 Å². The maximum atomic E-state index is 11.4. The lowest BCUT2D eigenvalue weighted by Gasteiger charge is -2.15. The van der Waals surface area contributed by atoms with Crippen LogP contribution in [0.15, 0.2) is 0 Å². The van der Waals surface area contributed by atoms with Gasteiger partial charge in [0.05, 0.1) is 0 Å². The molecule has 4 nitrogen and oxygen atoms in total. The van der Waals surface area contributed by atoms with Crippen LogP contribution in [-0.4, -0.2) is 23.5 Å². The highest BCUT2D eigenvalue weighted by molar-refractivity contribution is 5.78. The quantitative estimate of drug-likeness (QED) is 0.678. The zero-order valence-corrected chi connectivity index (χ0v) is 9.75. The number of rotatable bonds is 7. The van der Waals surface area contributed by atoms with E-state index in [9.17, 15) is 9.59 Å². The van der Waals surface area contributed by atoms with E-state index in [1.807, 2.05) is 20.8 Å². The van der Waals surface area contributed by atoms with Crippen LogP contribution >= 0.6 is 0 Å². The van der Waals surface area contributed by atoms with E-state index in [0.717, 1.165) is 12.8 Å². The SMILES string of the molecule is CCC(CNC(=O)C(C)CC)CC(=O)O. The molecule has 88 valence electrons. The number of nitrogens with one attached hydrogen (secondary N) is 1. The molecule has 0 heterocycles. The normalized spacial score (nSPS) is 14.3. The smallest absolute Gasteiger partial charge is 0.303 e. The molecular weight excluding hydrogens is 194 g/mol. The first-order valence-electron chi connectivity index (χ1n) is 5.50. The van der Waals surface area contributed by atoms with Crippen LogP contribution in [0.25, 0.3) is 0 Å². The Morgan fingerprint density at radius 3 is 2.27 bits per heavy atom. The number of hydrogen-bond acceptors (Lipinski definition) is 2. The molecule has 0 saturated carbocycles. The van der Waals surface area contributed by atoms with Crippen LogP contribution in [-0.2, 0) is 9.59 Å². The Labute approximate surface area is 91.1 Å². The van der Waals surface area contributed by atoms with Gasteiger partial charge in [-0.3, -0.25) is 9.59 Å². The minimum atomic E-state index is -0.806. The molecule has 0 bridgehead atoms.